The van der Waals surface area contributed by atoms with Crippen LogP contribution < -0.4 is 9.47 Å². The molecule has 0 saturated carbocycles. The minimum atomic E-state index is -0.704. The van der Waals surface area contributed by atoms with Crippen LogP contribution in [-0.4, -0.2) is 53.5 Å². The van der Waals surface area contributed by atoms with Gasteiger partial charge in [0.2, 0.25) is 17.9 Å². The Morgan fingerprint density at radius 3 is 2.83 bits per heavy atom. The summed E-state index contributed by atoms with van der Waals surface area (Å²) in [6, 6.07) is 6.89. The molecule has 1 amide bonds. The standard InChI is InChI=1S/C16H17N3O5/c1-10-17-18-15(23-10)11-8-21-7-6-19(11)16(20)14-9-22-12-4-2-3-5-13(12)24-14/h2-5,11,14H,6-9H2,1H3/t11-,14-/m0/s1. The van der Waals surface area contributed by atoms with Gasteiger partial charge in [0.25, 0.3) is 5.91 Å². The van der Waals surface area contributed by atoms with Crippen LogP contribution in [0.4, 0.5) is 0 Å². The van der Waals surface area contributed by atoms with Crippen LogP contribution >= 0.6 is 0 Å². The average molecular weight is 331 g/mol. The Morgan fingerprint density at radius 2 is 2.04 bits per heavy atom. The third-order valence-corrected chi connectivity index (χ3v) is 4.02. The lowest BCUT2D eigenvalue weighted by molar-refractivity contribution is -0.151. The van der Waals surface area contributed by atoms with Gasteiger partial charge in [-0.2, -0.15) is 0 Å². The number of morpholine rings is 1. The summed E-state index contributed by atoms with van der Waals surface area (Å²) in [7, 11) is 0. The molecule has 1 saturated heterocycles. The van der Waals surface area contributed by atoms with Crippen molar-refractivity contribution in [3.63, 3.8) is 0 Å². The smallest absolute Gasteiger partial charge is 0.268 e. The summed E-state index contributed by atoms with van der Waals surface area (Å²) in [5, 5.41) is 7.85. The molecule has 8 nitrogen and oxygen atoms in total. The molecule has 126 valence electrons. The van der Waals surface area contributed by atoms with Gasteiger partial charge in [-0.15, -0.1) is 10.2 Å². The van der Waals surface area contributed by atoms with E-state index in [1.54, 1.807) is 17.9 Å². The van der Waals surface area contributed by atoms with E-state index < -0.39 is 12.1 Å². The van der Waals surface area contributed by atoms with E-state index in [9.17, 15) is 4.79 Å². The van der Waals surface area contributed by atoms with Crippen molar-refractivity contribution in [3.8, 4) is 11.5 Å². The number of rotatable bonds is 2. The molecule has 1 aromatic heterocycles. The zero-order valence-corrected chi connectivity index (χ0v) is 13.2. The normalized spacial score (nSPS) is 23.1. The van der Waals surface area contributed by atoms with Crippen LogP contribution in [0, 0.1) is 6.92 Å². The van der Waals surface area contributed by atoms with Crippen LogP contribution in [0.3, 0.4) is 0 Å². The third kappa shape index (κ3) is 2.69. The molecular weight excluding hydrogens is 314 g/mol. The van der Waals surface area contributed by atoms with E-state index in [1.165, 1.54) is 0 Å². The van der Waals surface area contributed by atoms with Crippen LogP contribution in [0.1, 0.15) is 17.8 Å². The molecule has 2 aliphatic rings. The van der Waals surface area contributed by atoms with Gasteiger partial charge in [0.15, 0.2) is 11.5 Å². The molecule has 0 aliphatic carbocycles. The summed E-state index contributed by atoms with van der Waals surface area (Å²) in [5.41, 5.74) is 0. The van der Waals surface area contributed by atoms with Gasteiger partial charge in [0, 0.05) is 13.5 Å². The van der Waals surface area contributed by atoms with Crippen molar-refractivity contribution in [2.24, 2.45) is 0 Å². The number of aryl methyl sites for hydroxylation is 1. The minimum absolute atomic E-state index is 0.169. The second-order valence-corrected chi connectivity index (χ2v) is 5.65. The highest BCUT2D eigenvalue weighted by Gasteiger charge is 2.38. The molecule has 0 spiro atoms. The summed E-state index contributed by atoms with van der Waals surface area (Å²) in [5.74, 6) is 1.87. The zero-order chi connectivity index (χ0) is 16.5. The first kappa shape index (κ1) is 14.9. The molecule has 0 N–H and O–H groups in total. The van der Waals surface area contributed by atoms with E-state index in [1.807, 2.05) is 18.2 Å². The van der Waals surface area contributed by atoms with Crippen molar-refractivity contribution >= 4 is 5.91 Å². The Bertz CT molecular complexity index is 747. The Morgan fingerprint density at radius 1 is 1.21 bits per heavy atom. The number of para-hydroxylation sites is 2. The largest absolute Gasteiger partial charge is 0.485 e. The molecule has 2 atom stereocenters. The first-order valence-electron chi connectivity index (χ1n) is 7.79. The Labute approximate surface area is 138 Å². The van der Waals surface area contributed by atoms with E-state index in [0.29, 0.717) is 43.0 Å². The van der Waals surface area contributed by atoms with Gasteiger partial charge in [-0.3, -0.25) is 4.79 Å². The Kier molecular flexibility index (Phi) is 3.81. The van der Waals surface area contributed by atoms with Crippen LogP contribution in [-0.2, 0) is 9.53 Å². The predicted octanol–water partition coefficient (Wildman–Crippen LogP) is 1.12. The minimum Gasteiger partial charge on any atom is -0.485 e. The van der Waals surface area contributed by atoms with Crippen molar-refractivity contribution in [2.75, 3.05) is 26.4 Å². The number of benzene rings is 1. The maximum Gasteiger partial charge on any atom is 0.268 e. The first-order valence-corrected chi connectivity index (χ1v) is 7.79. The number of carbonyl (C=O) groups excluding carboxylic acids is 1. The molecule has 24 heavy (non-hydrogen) atoms. The third-order valence-electron chi connectivity index (χ3n) is 4.02. The van der Waals surface area contributed by atoms with Gasteiger partial charge >= 0.3 is 0 Å². The highest BCUT2D eigenvalue weighted by molar-refractivity contribution is 5.82. The lowest BCUT2D eigenvalue weighted by Gasteiger charge is -2.36. The van der Waals surface area contributed by atoms with Crippen LogP contribution in [0.15, 0.2) is 28.7 Å². The number of ether oxygens (including phenoxy) is 3. The summed E-state index contributed by atoms with van der Waals surface area (Å²) < 4.78 is 22.4. The molecule has 1 fully saturated rings. The van der Waals surface area contributed by atoms with Gasteiger partial charge in [-0.1, -0.05) is 12.1 Å². The van der Waals surface area contributed by atoms with Gasteiger partial charge in [0.1, 0.15) is 12.6 Å². The molecule has 2 aromatic rings. The SMILES string of the molecule is Cc1nnc([C@@H]2COCCN2C(=O)[C@@H]2COc3ccccc3O2)o1. The lowest BCUT2D eigenvalue weighted by atomic mass is 10.1. The van der Waals surface area contributed by atoms with Gasteiger partial charge in [-0.25, -0.2) is 0 Å². The Balaban J connectivity index is 1.54. The van der Waals surface area contributed by atoms with Crippen molar-refractivity contribution in [1.82, 2.24) is 15.1 Å². The van der Waals surface area contributed by atoms with Crippen molar-refractivity contribution in [1.29, 1.82) is 0 Å². The van der Waals surface area contributed by atoms with E-state index >= 15 is 0 Å². The fraction of sp³-hybridized carbons (Fsp3) is 0.438. The molecule has 2 aliphatic heterocycles. The molecular formula is C16H17N3O5. The Hall–Kier alpha value is -2.61. The molecule has 0 bridgehead atoms. The molecule has 1 aromatic carbocycles. The molecule has 0 unspecified atom stereocenters. The average Bonchev–Trinajstić information content (AvgIpc) is 3.07. The molecule has 3 heterocycles. The highest BCUT2D eigenvalue weighted by atomic mass is 16.6. The van der Waals surface area contributed by atoms with Crippen molar-refractivity contribution < 1.29 is 23.4 Å². The van der Waals surface area contributed by atoms with Gasteiger partial charge in [0.05, 0.1) is 13.2 Å². The summed E-state index contributed by atoms with van der Waals surface area (Å²) in [4.78, 5) is 14.6. The van der Waals surface area contributed by atoms with Gasteiger partial charge in [-0.05, 0) is 12.1 Å². The van der Waals surface area contributed by atoms with E-state index in [4.69, 9.17) is 18.6 Å². The fourth-order valence-electron chi connectivity index (χ4n) is 2.84. The van der Waals surface area contributed by atoms with E-state index in [-0.39, 0.29) is 12.5 Å². The van der Waals surface area contributed by atoms with E-state index in [2.05, 4.69) is 10.2 Å². The van der Waals surface area contributed by atoms with Crippen LogP contribution in [0.25, 0.3) is 0 Å². The molecule has 4 rings (SSSR count). The summed E-state index contributed by atoms with van der Waals surface area (Å²) >= 11 is 0. The number of hydrogen-bond donors (Lipinski definition) is 0. The fourth-order valence-corrected chi connectivity index (χ4v) is 2.84. The number of carbonyl (C=O) groups is 1. The summed E-state index contributed by atoms with van der Waals surface area (Å²) in [6.45, 7) is 3.09. The topological polar surface area (TPSA) is 86.9 Å². The predicted molar refractivity (Wildman–Crippen MR) is 80.7 cm³/mol. The maximum atomic E-state index is 12.9. The van der Waals surface area contributed by atoms with Gasteiger partial charge < -0.3 is 23.5 Å². The van der Waals surface area contributed by atoms with Crippen LogP contribution in [0.5, 0.6) is 11.5 Å². The number of amides is 1. The summed E-state index contributed by atoms with van der Waals surface area (Å²) in [6.07, 6.45) is -0.704. The first-order chi connectivity index (χ1) is 11.7. The van der Waals surface area contributed by atoms with Crippen molar-refractivity contribution in [2.45, 2.75) is 19.1 Å². The molecule has 8 heteroatoms. The molecule has 0 radical (unpaired) electrons. The van der Waals surface area contributed by atoms with Crippen molar-refractivity contribution in [3.05, 3.63) is 36.0 Å². The maximum absolute atomic E-state index is 12.9. The van der Waals surface area contributed by atoms with Crippen LogP contribution in [0.2, 0.25) is 0 Å². The zero-order valence-electron chi connectivity index (χ0n) is 13.2. The monoisotopic (exact) mass is 331 g/mol. The number of aromatic nitrogens is 2. The lowest BCUT2D eigenvalue weighted by Crippen LogP contribution is -2.51. The second-order valence-electron chi connectivity index (χ2n) is 5.65. The number of nitrogens with zero attached hydrogens (tertiary/aromatic N) is 3. The second kappa shape index (κ2) is 6.12. The number of hydrogen-bond acceptors (Lipinski definition) is 7. The quantitative estimate of drug-likeness (QED) is 0.815. The van der Waals surface area contributed by atoms with E-state index in [0.717, 1.165) is 0 Å². The highest BCUT2D eigenvalue weighted by Crippen LogP contribution is 2.32. The number of fused-ring (bicyclic) bond motifs is 1.